The molecule has 4 heteroatoms. The standard InChI is InChI=1S/C25H30N2O2/c1-14-11-12-15(2)20-18(14)19(23(28)26-20)25(6,7)13-16-9-8-10-17-21(16)29-27-22(17)24(3,4)5/h8-12,19H,13H2,1-7H3,(H,26,28). The van der Waals surface area contributed by atoms with Crippen LogP contribution in [-0.2, 0) is 16.6 Å². The molecule has 2 aromatic carbocycles. The molecular weight excluding hydrogens is 360 g/mol. The molecule has 1 aliphatic rings. The van der Waals surface area contributed by atoms with E-state index in [0.717, 1.165) is 51.0 Å². The third-order valence-electron chi connectivity index (χ3n) is 6.19. The molecule has 152 valence electrons. The average Bonchev–Trinajstić information content (AvgIpc) is 3.20. The first-order valence-corrected chi connectivity index (χ1v) is 10.3. The second-order valence-electron chi connectivity index (χ2n) is 10.2. The van der Waals surface area contributed by atoms with Gasteiger partial charge in [-0.2, -0.15) is 0 Å². The summed E-state index contributed by atoms with van der Waals surface area (Å²) in [5.41, 5.74) is 6.95. The Balaban J connectivity index is 1.77. The molecule has 1 aromatic heterocycles. The second kappa shape index (κ2) is 6.45. The molecule has 0 radical (unpaired) electrons. The van der Waals surface area contributed by atoms with Crippen LogP contribution in [0, 0.1) is 19.3 Å². The van der Waals surface area contributed by atoms with Crippen molar-refractivity contribution in [3.05, 3.63) is 58.3 Å². The van der Waals surface area contributed by atoms with Gasteiger partial charge in [-0.25, -0.2) is 0 Å². The van der Waals surface area contributed by atoms with Crippen molar-refractivity contribution < 1.29 is 9.32 Å². The number of fused-ring (bicyclic) bond motifs is 2. The van der Waals surface area contributed by atoms with E-state index in [0.29, 0.717) is 0 Å². The number of amides is 1. The zero-order valence-corrected chi connectivity index (χ0v) is 18.4. The molecule has 1 atom stereocenters. The van der Waals surface area contributed by atoms with Crippen molar-refractivity contribution in [3.8, 4) is 0 Å². The first-order valence-electron chi connectivity index (χ1n) is 10.3. The Hall–Kier alpha value is -2.62. The highest BCUT2D eigenvalue weighted by Gasteiger charge is 2.43. The highest BCUT2D eigenvalue weighted by Crippen LogP contribution is 2.48. The van der Waals surface area contributed by atoms with Gasteiger partial charge in [0, 0.05) is 16.5 Å². The van der Waals surface area contributed by atoms with E-state index in [4.69, 9.17) is 4.52 Å². The molecule has 0 aliphatic carbocycles. The van der Waals surface area contributed by atoms with Gasteiger partial charge < -0.3 is 9.84 Å². The molecule has 3 aromatic rings. The van der Waals surface area contributed by atoms with Crippen molar-refractivity contribution in [2.75, 3.05) is 5.32 Å². The van der Waals surface area contributed by atoms with Gasteiger partial charge in [0.1, 0.15) is 0 Å². The summed E-state index contributed by atoms with van der Waals surface area (Å²) in [6.45, 7) is 14.9. The minimum Gasteiger partial charge on any atom is -0.356 e. The summed E-state index contributed by atoms with van der Waals surface area (Å²) in [6, 6.07) is 10.4. The molecule has 0 fully saturated rings. The van der Waals surface area contributed by atoms with E-state index in [1.807, 2.05) is 0 Å². The zero-order valence-electron chi connectivity index (χ0n) is 18.4. The van der Waals surface area contributed by atoms with Crippen molar-refractivity contribution >= 4 is 22.6 Å². The lowest BCUT2D eigenvalue weighted by Crippen LogP contribution is -2.30. The largest absolute Gasteiger partial charge is 0.356 e. The van der Waals surface area contributed by atoms with Crippen LogP contribution in [0.4, 0.5) is 5.69 Å². The van der Waals surface area contributed by atoms with E-state index in [2.05, 4.69) is 89.3 Å². The molecular formula is C25H30N2O2. The Kier molecular flexibility index (Phi) is 4.38. The quantitative estimate of drug-likeness (QED) is 0.592. The van der Waals surface area contributed by atoms with Gasteiger partial charge in [-0.05, 0) is 54.0 Å². The molecule has 1 unspecified atom stereocenters. The monoisotopic (exact) mass is 390 g/mol. The predicted octanol–water partition coefficient (Wildman–Crippen LogP) is 6.05. The Labute approximate surface area is 172 Å². The fraction of sp³-hybridized carbons (Fsp3) is 0.440. The maximum atomic E-state index is 13.0. The van der Waals surface area contributed by atoms with Crippen molar-refractivity contribution in [1.29, 1.82) is 0 Å². The van der Waals surface area contributed by atoms with Gasteiger partial charge in [0.05, 0.1) is 11.6 Å². The van der Waals surface area contributed by atoms with Crippen LogP contribution in [0.15, 0.2) is 34.9 Å². The van der Waals surface area contributed by atoms with E-state index >= 15 is 0 Å². The minimum atomic E-state index is -0.281. The first-order chi connectivity index (χ1) is 13.5. The maximum Gasteiger partial charge on any atom is 0.232 e. The molecule has 4 rings (SSSR count). The normalized spacial score (nSPS) is 16.9. The lowest BCUT2D eigenvalue weighted by Gasteiger charge is -2.31. The number of aryl methyl sites for hydroxylation is 2. The van der Waals surface area contributed by atoms with Crippen LogP contribution in [-0.4, -0.2) is 11.1 Å². The fourth-order valence-corrected chi connectivity index (χ4v) is 4.74. The SMILES string of the molecule is Cc1ccc(C)c2c1NC(=O)C2C(C)(C)Cc1cccc2c(C(C)(C)C)noc12. The summed E-state index contributed by atoms with van der Waals surface area (Å²) in [5, 5.41) is 8.58. The second-order valence-corrected chi connectivity index (χ2v) is 10.2. The Bertz CT molecular complexity index is 1120. The van der Waals surface area contributed by atoms with Crippen molar-refractivity contribution in [1.82, 2.24) is 5.16 Å². The predicted molar refractivity (Wildman–Crippen MR) is 117 cm³/mol. The van der Waals surface area contributed by atoms with Gasteiger partial charge in [-0.1, -0.05) is 64.0 Å². The van der Waals surface area contributed by atoms with Crippen LogP contribution >= 0.6 is 0 Å². The van der Waals surface area contributed by atoms with E-state index in [1.54, 1.807) is 0 Å². The highest BCUT2D eigenvalue weighted by atomic mass is 16.5. The molecule has 1 aliphatic heterocycles. The van der Waals surface area contributed by atoms with Gasteiger partial charge >= 0.3 is 0 Å². The lowest BCUT2D eigenvalue weighted by molar-refractivity contribution is -0.119. The van der Waals surface area contributed by atoms with Gasteiger partial charge in [-0.15, -0.1) is 0 Å². The van der Waals surface area contributed by atoms with Crippen LogP contribution in [0.3, 0.4) is 0 Å². The number of anilines is 1. The lowest BCUT2D eigenvalue weighted by atomic mass is 9.70. The van der Waals surface area contributed by atoms with E-state index in [-0.39, 0.29) is 22.7 Å². The summed E-state index contributed by atoms with van der Waals surface area (Å²) in [4.78, 5) is 13.0. The number of nitrogens with one attached hydrogen (secondary N) is 1. The van der Waals surface area contributed by atoms with Crippen LogP contribution in [0.1, 0.15) is 68.5 Å². The van der Waals surface area contributed by atoms with Crippen molar-refractivity contribution in [2.24, 2.45) is 5.41 Å². The van der Waals surface area contributed by atoms with E-state index in [9.17, 15) is 4.79 Å². The number of carbonyl (C=O) groups excluding carboxylic acids is 1. The number of nitrogens with zero attached hydrogens (tertiary/aromatic N) is 1. The smallest absolute Gasteiger partial charge is 0.232 e. The molecule has 0 bridgehead atoms. The van der Waals surface area contributed by atoms with E-state index < -0.39 is 0 Å². The van der Waals surface area contributed by atoms with E-state index in [1.165, 1.54) is 0 Å². The summed E-state index contributed by atoms with van der Waals surface area (Å²) >= 11 is 0. The van der Waals surface area contributed by atoms with Crippen LogP contribution in [0.5, 0.6) is 0 Å². The first kappa shape index (κ1) is 19.7. The average molecular weight is 391 g/mol. The Morgan fingerprint density at radius 3 is 2.41 bits per heavy atom. The van der Waals surface area contributed by atoms with Crippen molar-refractivity contribution in [2.45, 2.75) is 66.2 Å². The minimum absolute atomic E-state index is 0.0850. The highest BCUT2D eigenvalue weighted by molar-refractivity contribution is 6.04. The van der Waals surface area contributed by atoms with Crippen LogP contribution in [0.2, 0.25) is 0 Å². The summed E-state index contributed by atoms with van der Waals surface area (Å²) in [5.74, 6) is -0.111. The van der Waals surface area contributed by atoms with Crippen LogP contribution in [0.25, 0.3) is 11.0 Å². The molecule has 2 heterocycles. The summed E-state index contributed by atoms with van der Waals surface area (Å²) in [7, 11) is 0. The third-order valence-corrected chi connectivity index (χ3v) is 6.19. The number of hydrogen-bond donors (Lipinski definition) is 1. The van der Waals surface area contributed by atoms with Crippen molar-refractivity contribution in [3.63, 3.8) is 0 Å². The molecule has 0 saturated carbocycles. The Morgan fingerprint density at radius 2 is 1.72 bits per heavy atom. The van der Waals surface area contributed by atoms with Gasteiger partial charge in [-0.3, -0.25) is 4.79 Å². The molecule has 1 amide bonds. The number of hydrogen-bond acceptors (Lipinski definition) is 3. The fourth-order valence-electron chi connectivity index (χ4n) is 4.74. The van der Waals surface area contributed by atoms with Crippen LogP contribution < -0.4 is 5.32 Å². The number of para-hydroxylation sites is 1. The molecule has 29 heavy (non-hydrogen) atoms. The number of carbonyl (C=O) groups is 1. The summed E-state index contributed by atoms with van der Waals surface area (Å²) < 4.78 is 5.80. The number of rotatable bonds is 3. The topological polar surface area (TPSA) is 55.1 Å². The summed E-state index contributed by atoms with van der Waals surface area (Å²) in [6.07, 6.45) is 0.730. The molecule has 0 spiro atoms. The zero-order chi connectivity index (χ0) is 21.1. The molecule has 1 N–H and O–H groups in total. The van der Waals surface area contributed by atoms with Gasteiger partial charge in [0.15, 0.2) is 5.58 Å². The molecule has 0 saturated heterocycles. The number of benzene rings is 2. The molecule has 4 nitrogen and oxygen atoms in total. The van der Waals surface area contributed by atoms with Gasteiger partial charge in [0.2, 0.25) is 5.91 Å². The third kappa shape index (κ3) is 3.15. The van der Waals surface area contributed by atoms with Gasteiger partial charge in [0.25, 0.3) is 0 Å². The Morgan fingerprint density at radius 1 is 1.03 bits per heavy atom. The number of aromatic nitrogens is 1. The maximum absolute atomic E-state index is 13.0.